The zero-order valence-corrected chi connectivity index (χ0v) is 40.1. The summed E-state index contributed by atoms with van der Waals surface area (Å²) in [5.41, 5.74) is -0.451. The van der Waals surface area contributed by atoms with Crippen molar-refractivity contribution in [1.82, 2.24) is 0 Å². The number of aliphatic hydroxyl groups excluding tert-OH is 1. The van der Waals surface area contributed by atoms with Crippen LogP contribution in [-0.4, -0.2) is 141 Å². The Morgan fingerprint density at radius 1 is 0.906 bits per heavy atom. The molecule has 2 N–H and O–H groups in total. The van der Waals surface area contributed by atoms with Crippen molar-refractivity contribution in [3.05, 3.63) is 59.3 Å². The summed E-state index contributed by atoms with van der Waals surface area (Å²) in [7, 11) is 5.02. The largest absolute Gasteiger partial charge is 0.462 e. The van der Waals surface area contributed by atoms with Gasteiger partial charge in [0.15, 0.2) is 18.4 Å². The Bertz CT molecular complexity index is 1790. The summed E-state index contributed by atoms with van der Waals surface area (Å²) in [5.74, 6) is -2.54. The van der Waals surface area contributed by atoms with Crippen LogP contribution >= 0.6 is 0 Å². The maximum Gasteiger partial charge on any atom is 0.316 e. The molecule has 6 aliphatic heterocycles. The van der Waals surface area contributed by atoms with Crippen LogP contribution in [0.4, 0.5) is 0 Å². The average molecular weight is 901 g/mol. The van der Waals surface area contributed by atoms with Gasteiger partial charge in [-0.1, -0.05) is 70.6 Å². The number of carbonyl (C=O) groups is 1. The molecule has 0 amide bonds. The maximum absolute atomic E-state index is 14.4. The predicted octanol–water partition coefficient (Wildman–Crippen LogP) is 6.42. The molecule has 1 aliphatic carbocycles. The van der Waals surface area contributed by atoms with Gasteiger partial charge in [-0.3, -0.25) is 4.79 Å². The normalized spacial score (nSPS) is 49.2. The Labute approximate surface area is 380 Å². The molecule has 0 saturated carbocycles. The van der Waals surface area contributed by atoms with Crippen LogP contribution < -0.4 is 0 Å². The van der Waals surface area contributed by atoms with Gasteiger partial charge in [-0.05, 0) is 69.8 Å². The van der Waals surface area contributed by atoms with Gasteiger partial charge in [-0.15, -0.1) is 0 Å². The first kappa shape index (κ1) is 49.6. The lowest BCUT2D eigenvalue weighted by atomic mass is 9.71. The zero-order chi connectivity index (χ0) is 46.3. The number of esters is 1. The summed E-state index contributed by atoms with van der Waals surface area (Å²) >= 11 is 0. The molecule has 0 unspecified atom stereocenters. The number of carbonyl (C=O) groups excluding carboxylic acids is 1. The molecule has 0 radical (unpaired) electrons. The van der Waals surface area contributed by atoms with Crippen molar-refractivity contribution in [2.24, 2.45) is 23.7 Å². The Balaban J connectivity index is 1.18. The molecule has 2 bridgehead atoms. The molecule has 4 saturated heterocycles. The molecule has 7 rings (SSSR count). The predicted molar refractivity (Wildman–Crippen MR) is 237 cm³/mol. The van der Waals surface area contributed by atoms with Gasteiger partial charge in [0.25, 0.3) is 0 Å². The highest BCUT2D eigenvalue weighted by molar-refractivity contribution is 5.78. The van der Waals surface area contributed by atoms with Gasteiger partial charge >= 0.3 is 5.97 Å². The number of ether oxygens (including phenoxy) is 11. The lowest BCUT2D eigenvalue weighted by Gasteiger charge is -2.48. The van der Waals surface area contributed by atoms with E-state index < -0.39 is 78.1 Å². The number of rotatable bonds is 9. The van der Waals surface area contributed by atoms with E-state index in [1.54, 1.807) is 40.4 Å². The second-order valence-corrected chi connectivity index (χ2v) is 19.8. The number of hydrogen-bond donors (Lipinski definition) is 2. The van der Waals surface area contributed by atoms with Crippen LogP contribution in [0.15, 0.2) is 59.3 Å². The molecule has 4 fully saturated rings. The first-order valence-electron chi connectivity index (χ1n) is 23.6. The zero-order valence-electron chi connectivity index (χ0n) is 40.1. The second kappa shape index (κ2) is 20.1. The monoisotopic (exact) mass is 901 g/mol. The van der Waals surface area contributed by atoms with E-state index in [4.69, 9.17) is 52.1 Å². The third kappa shape index (κ3) is 9.82. The maximum atomic E-state index is 14.4. The molecule has 0 aromatic rings. The topological polar surface area (TPSA) is 159 Å². The van der Waals surface area contributed by atoms with Crippen molar-refractivity contribution in [3.63, 3.8) is 0 Å². The fourth-order valence-electron chi connectivity index (χ4n) is 11.3. The van der Waals surface area contributed by atoms with E-state index in [-0.39, 0.29) is 54.9 Å². The van der Waals surface area contributed by atoms with Crippen molar-refractivity contribution in [2.75, 3.05) is 27.9 Å². The minimum Gasteiger partial charge on any atom is -0.462 e. The third-order valence-corrected chi connectivity index (χ3v) is 15.2. The molecule has 14 nitrogen and oxygen atoms in total. The number of hydrogen-bond acceptors (Lipinski definition) is 14. The molecule has 64 heavy (non-hydrogen) atoms. The molecule has 360 valence electrons. The van der Waals surface area contributed by atoms with Crippen LogP contribution in [0.25, 0.3) is 0 Å². The summed E-state index contributed by atoms with van der Waals surface area (Å²) in [6, 6.07) is 0. The summed E-state index contributed by atoms with van der Waals surface area (Å²) in [6.45, 7) is 18.3. The molecule has 0 aromatic heterocycles. The van der Waals surface area contributed by atoms with Crippen LogP contribution in [-0.2, 0) is 56.9 Å². The van der Waals surface area contributed by atoms with Crippen molar-refractivity contribution in [3.8, 4) is 0 Å². The highest BCUT2D eigenvalue weighted by Crippen LogP contribution is 2.47. The van der Waals surface area contributed by atoms with E-state index >= 15 is 0 Å². The van der Waals surface area contributed by atoms with E-state index in [9.17, 15) is 15.0 Å². The van der Waals surface area contributed by atoms with Crippen LogP contribution in [0.5, 0.6) is 0 Å². The van der Waals surface area contributed by atoms with Crippen LogP contribution in [0, 0.1) is 23.7 Å². The van der Waals surface area contributed by atoms with Crippen molar-refractivity contribution < 1.29 is 67.1 Å². The number of allylic oxidation sites excluding steroid dienone is 2. The molecule has 6 heterocycles. The van der Waals surface area contributed by atoms with Gasteiger partial charge in [0.2, 0.25) is 0 Å². The number of fused-ring (bicyclic) bond motifs is 2. The summed E-state index contributed by atoms with van der Waals surface area (Å²) < 4.78 is 70.5. The standard InChI is InChI=1S/C50H76O14/c1-13-27(2)43-30(5)19-20-49(64-43)24-36-22-35(63-49)18-17-29(4)42(28(3)15-14-16-34-26-57-46-41(51)31(6)21-37(47(52)60-36)50(34,46)53)61-39-23-38(54-10)44(32(7)58-39)62-40-25-48(9,56-12)45(55-11)33(8)59-40/h14-17,19-21,27-28,30,32-33,35-46,51,53H,13,18,22-26H2,1-12H3/b15-14+,29-17+,34-16+/t27-,28-,30-,32-,33-,35+,36-,37-,38-,39-,40+,41+,42-,43+,44-,45-,46+,48+,49+,50+/m0/s1. The minimum absolute atomic E-state index is 0.0366. The second-order valence-electron chi connectivity index (χ2n) is 19.8. The molecule has 20 atom stereocenters. The Morgan fingerprint density at radius 3 is 2.36 bits per heavy atom. The van der Waals surface area contributed by atoms with E-state index in [0.717, 1.165) is 12.0 Å². The SMILES string of the molecule is CC[C@H](C)[C@H]1O[C@]2(C=C[C@@H]1C)C[C@@H]1C[C@@H](C/C=C(\C)[C@@H](O[C@H]3C[C@H](OC)[C@@H](O[C@@H]4C[C@@](C)(OC)[C@@H](OC)[C@H](C)O4)[C@H](C)O3)[C@@H](C)/C=C/C=C3\CO[C@@H]4[C@H](O)C(C)=C[C@@H](C(=O)O1)[C@]34O)O2. The van der Waals surface area contributed by atoms with E-state index in [0.29, 0.717) is 43.3 Å². The van der Waals surface area contributed by atoms with E-state index in [1.807, 2.05) is 39.0 Å². The fourth-order valence-corrected chi connectivity index (χ4v) is 11.3. The number of aliphatic hydroxyl groups is 2. The van der Waals surface area contributed by atoms with Crippen molar-refractivity contribution in [1.29, 1.82) is 0 Å². The highest BCUT2D eigenvalue weighted by atomic mass is 16.7. The van der Waals surface area contributed by atoms with E-state index in [2.05, 4.69) is 46.8 Å². The lowest BCUT2D eigenvalue weighted by Crippen LogP contribution is -2.59. The molecular weight excluding hydrogens is 825 g/mol. The molecule has 14 heteroatoms. The van der Waals surface area contributed by atoms with Gasteiger partial charge < -0.3 is 62.3 Å². The van der Waals surface area contributed by atoms with Crippen LogP contribution in [0.3, 0.4) is 0 Å². The summed E-state index contributed by atoms with van der Waals surface area (Å²) in [5, 5.41) is 23.8. The lowest BCUT2D eigenvalue weighted by molar-refractivity contribution is -0.330. The number of methoxy groups -OCH3 is 3. The highest BCUT2D eigenvalue weighted by Gasteiger charge is 2.60. The van der Waals surface area contributed by atoms with Crippen molar-refractivity contribution >= 4 is 5.97 Å². The third-order valence-electron chi connectivity index (χ3n) is 15.2. The first-order valence-corrected chi connectivity index (χ1v) is 23.6. The summed E-state index contributed by atoms with van der Waals surface area (Å²) in [4.78, 5) is 14.4. The molecule has 0 aromatic carbocycles. The van der Waals surface area contributed by atoms with Gasteiger partial charge in [-0.25, -0.2) is 0 Å². The van der Waals surface area contributed by atoms with Gasteiger partial charge in [0.05, 0.1) is 48.8 Å². The Hall–Kier alpha value is -2.31. The first-order chi connectivity index (χ1) is 30.4. The van der Waals surface area contributed by atoms with Crippen LogP contribution in [0.2, 0.25) is 0 Å². The average Bonchev–Trinajstić information content (AvgIpc) is 3.60. The van der Waals surface area contributed by atoms with Gasteiger partial charge in [0.1, 0.15) is 42.0 Å². The Morgan fingerprint density at radius 2 is 1.66 bits per heavy atom. The molecule has 7 aliphatic rings. The fraction of sp³-hybridized carbons (Fsp3) is 0.780. The van der Waals surface area contributed by atoms with Crippen molar-refractivity contribution in [2.45, 2.75) is 198 Å². The smallest absolute Gasteiger partial charge is 0.316 e. The molecule has 1 spiro atoms. The van der Waals surface area contributed by atoms with E-state index in [1.165, 1.54) is 0 Å². The molecular formula is C50H76O14. The minimum atomic E-state index is -1.83. The quantitative estimate of drug-likeness (QED) is 0.193. The van der Waals surface area contributed by atoms with Gasteiger partial charge in [-0.2, -0.15) is 0 Å². The summed E-state index contributed by atoms with van der Waals surface area (Å²) in [6.07, 6.45) is 10.0. The Kier molecular flexibility index (Phi) is 15.6. The van der Waals surface area contributed by atoms with Crippen LogP contribution in [0.1, 0.15) is 101 Å². The van der Waals surface area contributed by atoms with Gasteiger partial charge in [0, 0.05) is 58.8 Å².